The van der Waals surface area contributed by atoms with Gasteiger partial charge in [0.05, 0.1) is 24.5 Å². The third-order valence-corrected chi connectivity index (χ3v) is 2.11. The van der Waals surface area contributed by atoms with Crippen molar-refractivity contribution in [3.8, 4) is 0 Å². The molecule has 0 fully saturated rings. The third kappa shape index (κ3) is 4.70. The molecule has 0 aliphatic rings. The number of halogens is 3. The smallest absolute Gasteiger partial charge is 0.370 e. The standard InChI is InChI=1S/C9H15F3N4O/c1-3-13-7(5-17-6-9(10,11)12)8-4-14-15-16(8)2/h4,7,13H,3,5-6H2,1-2H3. The number of aromatic nitrogens is 3. The number of nitrogens with one attached hydrogen (secondary N) is 1. The molecule has 1 aromatic heterocycles. The second-order valence-corrected chi connectivity index (χ2v) is 3.52. The molecule has 0 spiro atoms. The van der Waals surface area contributed by atoms with Crippen LogP contribution in [0.3, 0.4) is 0 Å². The molecule has 0 aliphatic heterocycles. The molecular formula is C9H15F3N4O. The first kappa shape index (κ1) is 13.9. The molecule has 0 aromatic carbocycles. The molecule has 1 atom stereocenters. The van der Waals surface area contributed by atoms with Gasteiger partial charge in [0.25, 0.3) is 0 Å². The van der Waals surface area contributed by atoms with E-state index in [1.165, 1.54) is 10.9 Å². The van der Waals surface area contributed by atoms with E-state index in [-0.39, 0.29) is 12.6 Å². The van der Waals surface area contributed by atoms with E-state index in [0.29, 0.717) is 12.2 Å². The summed E-state index contributed by atoms with van der Waals surface area (Å²) in [6, 6.07) is -0.345. The topological polar surface area (TPSA) is 52.0 Å². The summed E-state index contributed by atoms with van der Waals surface area (Å²) in [5.74, 6) is 0. The van der Waals surface area contributed by atoms with Crippen LogP contribution in [0.2, 0.25) is 0 Å². The lowest BCUT2D eigenvalue weighted by Gasteiger charge is -2.18. The molecule has 1 heterocycles. The highest BCUT2D eigenvalue weighted by atomic mass is 19.4. The van der Waals surface area contributed by atoms with E-state index in [1.54, 1.807) is 7.05 Å². The summed E-state index contributed by atoms with van der Waals surface area (Å²) in [5, 5.41) is 10.4. The molecule has 1 aromatic rings. The van der Waals surface area contributed by atoms with Crippen LogP contribution in [0.5, 0.6) is 0 Å². The van der Waals surface area contributed by atoms with Crippen molar-refractivity contribution in [3.05, 3.63) is 11.9 Å². The lowest BCUT2D eigenvalue weighted by Crippen LogP contribution is -2.29. The molecule has 0 bridgehead atoms. The van der Waals surface area contributed by atoms with Gasteiger partial charge in [-0.15, -0.1) is 5.10 Å². The highest BCUT2D eigenvalue weighted by Crippen LogP contribution is 2.17. The van der Waals surface area contributed by atoms with Gasteiger partial charge in [0, 0.05) is 7.05 Å². The van der Waals surface area contributed by atoms with Crippen molar-refractivity contribution in [1.82, 2.24) is 20.3 Å². The first-order valence-electron chi connectivity index (χ1n) is 5.16. The van der Waals surface area contributed by atoms with Gasteiger partial charge in [-0.3, -0.25) is 4.68 Å². The third-order valence-electron chi connectivity index (χ3n) is 2.11. The fourth-order valence-corrected chi connectivity index (χ4v) is 1.40. The zero-order valence-electron chi connectivity index (χ0n) is 9.66. The molecule has 1 rings (SSSR count). The fourth-order valence-electron chi connectivity index (χ4n) is 1.40. The summed E-state index contributed by atoms with van der Waals surface area (Å²) >= 11 is 0. The molecule has 1 N–H and O–H groups in total. The minimum Gasteiger partial charge on any atom is -0.370 e. The van der Waals surface area contributed by atoms with E-state index >= 15 is 0 Å². The normalized spacial score (nSPS) is 13.9. The zero-order chi connectivity index (χ0) is 12.9. The quantitative estimate of drug-likeness (QED) is 0.822. The van der Waals surface area contributed by atoms with Crippen LogP contribution in [-0.4, -0.2) is 40.9 Å². The van der Waals surface area contributed by atoms with Crippen LogP contribution in [0.25, 0.3) is 0 Å². The van der Waals surface area contributed by atoms with Crippen LogP contribution >= 0.6 is 0 Å². The summed E-state index contributed by atoms with van der Waals surface area (Å²) < 4.78 is 42.0. The van der Waals surface area contributed by atoms with Gasteiger partial charge in [-0.05, 0) is 6.54 Å². The molecule has 0 aliphatic carbocycles. The Kier molecular flexibility index (Phi) is 4.88. The van der Waals surface area contributed by atoms with E-state index in [9.17, 15) is 13.2 Å². The van der Waals surface area contributed by atoms with E-state index in [2.05, 4.69) is 20.4 Å². The van der Waals surface area contributed by atoms with Crippen LogP contribution < -0.4 is 5.32 Å². The summed E-state index contributed by atoms with van der Waals surface area (Å²) in [4.78, 5) is 0. The van der Waals surface area contributed by atoms with Gasteiger partial charge in [-0.1, -0.05) is 12.1 Å². The Morgan fingerprint density at radius 1 is 1.53 bits per heavy atom. The average molecular weight is 252 g/mol. The molecule has 0 saturated carbocycles. The van der Waals surface area contributed by atoms with Crippen molar-refractivity contribution in [2.24, 2.45) is 7.05 Å². The Hall–Kier alpha value is -1.15. The Balaban J connectivity index is 2.53. The summed E-state index contributed by atoms with van der Waals surface area (Å²) in [5.41, 5.74) is 0.689. The Bertz CT molecular complexity index is 339. The lowest BCUT2D eigenvalue weighted by atomic mass is 10.2. The van der Waals surface area contributed by atoms with Gasteiger partial charge in [0.2, 0.25) is 0 Å². The molecule has 5 nitrogen and oxygen atoms in total. The number of aryl methyl sites for hydroxylation is 1. The maximum atomic E-state index is 11.9. The first-order chi connectivity index (χ1) is 7.94. The maximum absolute atomic E-state index is 11.9. The van der Waals surface area contributed by atoms with Crippen molar-refractivity contribution in [2.75, 3.05) is 19.8 Å². The van der Waals surface area contributed by atoms with Crippen molar-refractivity contribution < 1.29 is 17.9 Å². The number of alkyl halides is 3. The van der Waals surface area contributed by atoms with Gasteiger partial charge in [0.1, 0.15) is 6.61 Å². The zero-order valence-corrected chi connectivity index (χ0v) is 9.66. The van der Waals surface area contributed by atoms with Crippen LogP contribution in [0.15, 0.2) is 6.20 Å². The predicted octanol–water partition coefficient (Wildman–Crippen LogP) is 1.04. The summed E-state index contributed by atoms with van der Waals surface area (Å²) in [7, 11) is 1.68. The molecule has 17 heavy (non-hydrogen) atoms. The SMILES string of the molecule is CCNC(COCC(F)(F)F)c1cnnn1C. The van der Waals surface area contributed by atoms with Crippen molar-refractivity contribution in [2.45, 2.75) is 19.1 Å². The minimum absolute atomic E-state index is 0.0748. The number of rotatable bonds is 6. The fraction of sp³-hybridized carbons (Fsp3) is 0.778. The number of hydrogen-bond donors (Lipinski definition) is 1. The number of ether oxygens (including phenoxy) is 1. The van der Waals surface area contributed by atoms with Gasteiger partial charge >= 0.3 is 6.18 Å². The van der Waals surface area contributed by atoms with E-state index < -0.39 is 12.8 Å². The number of nitrogens with zero attached hydrogens (tertiary/aromatic N) is 3. The van der Waals surface area contributed by atoms with Crippen LogP contribution in [0.1, 0.15) is 18.7 Å². The van der Waals surface area contributed by atoms with Crippen LogP contribution in [0.4, 0.5) is 13.2 Å². The number of hydrogen-bond acceptors (Lipinski definition) is 4. The van der Waals surface area contributed by atoms with Gasteiger partial charge in [0.15, 0.2) is 0 Å². The first-order valence-corrected chi connectivity index (χ1v) is 5.16. The second-order valence-electron chi connectivity index (χ2n) is 3.52. The van der Waals surface area contributed by atoms with Gasteiger partial charge < -0.3 is 10.1 Å². The van der Waals surface area contributed by atoms with E-state index in [4.69, 9.17) is 0 Å². The molecule has 0 amide bonds. The molecule has 0 radical (unpaired) electrons. The Morgan fingerprint density at radius 2 is 2.24 bits per heavy atom. The van der Waals surface area contributed by atoms with Gasteiger partial charge in [-0.25, -0.2) is 0 Å². The van der Waals surface area contributed by atoms with E-state index in [0.717, 1.165) is 0 Å². The molecule has 0 saturated heterocycles. The van der Waals surface area contributed by atoms with Crippen LogP contribution in [0, 0.1) is 0 Å². The lowest BCUT2D eigenvalue weighted by molar-refractivity contribution is -0.175. The van der Waals surface area contributed by atoms with Crippen molar-refractivity contribution in [1.29, 1.82) is 0 Å². The number of likely N-dealkylation sites (N-methyl/N-ethyl adjacent to an activating group) is 1. The predicted molar refractivity (Wildman–Crippen MR) is 54.3 cm³/mol. The van der Waals surface area contributed by atoms with Crippen LogP contribution in [-0.2, 0) is 11.8 Å². The minimum atomic E-state index is -4.30. The van der Waals surface area contributed by atoms with Gasteiger partial charge in [-0.2, -0.15) is 13.2 Å². The highest BCUT2D eigenvalue weighted by Gasteiger charge is 2.28. The molecule has 8 heteroatoms. The maximum Gasteiger partial charge on any atom is 0.411 e. The second kappa shape index (κ2) is 5.97. The summed E-state index contributed by atoms with van der Waals surface area (Å²) in [6.45, 7) is 1.15. The van der Waals surface area contributed by atoms with E-state index in [1.807, 2.05) is 6.92 Å². The molecular weight excluding hydrogens is 237 g/mol. The highest BCUT2D eigenvalue weighted by molar-refractivity contribution is 5.01. The largest absolute Gasteiger partial charge is 0.411 e. The Labute approximate surface area is 96.9 Å². The summed E-state index contributed by atoms with van der Waals surface area (Å²) in [6.07, 6.45) is -2.80. The molecule has 98 valence electrons. The van der Waals surface area contributed by atoms with Crippen molar-refractivity contribution in [3.63, 3.8) is 0 Å². The Morgan fingerprint density at radius 3 is 2.71 bits per heavy atom. The van der Waals surface area contributed by atoms with Crippen molar-refractivity contribution >= 4 is 0 Å². The monoisotopic (exact) mass is 252 g/mol. The molecule has 1 unspecified atom stereocenters. The average Bonchev–Trinajstić information content (AvgIpc) is 2.61.